The van der Waals surface area contributed by atoms with Crippen molar-refractivity contribution in [2.24, 2.45) is 34.8 Å². The molecule has 420 valence electrons. The zero-order chi connectivity index (χ0) is 58.8. The lowest BCUT2D eigenvalue weighted by Gasteiger charge is -2.22. The first-order valence-corrected chi connectivity index (χ1v) is 29.0. The van der Waals surface area contributed by atoms with Crippen LogP contribution in [0.4, 0.5) is 11.4 Å². The number of para-hydroxylation sites is 3. The summed E-state index contributed by atoms with van der Waals surface area (Å²) in [7, 11) is 4.17. The molecule has 1 saturated carbocycles. The summed E-state index contributed by atoms with van der Waals surface area (Å²) in [5.74, 6) is 3.04. The van der Waals surface area contributed by atoms with Crippen LogP contribution in [-0.4, -0.2) is 49.9 Å². The van der Waals surface area contributed by atoms with Crippen molar-refractivity contribution in [1.29, 1.82) is 0 Å². The molecule has 1 N–H and O–H groups in total. The summed E-state index contributed by atoms with van der Waals surface area (Å²) in [6, 6.07) is 60.0. The lowest BCUT2D eigenvalue weighted by molar-refractivity contribution is 0.518. The maximum atomic E-state index is 5.22. The summed E-state index contributed by atoms with van der Waals surface area (Å²) in [5, 5.41) is 8.60. The molecule has 4 aromatic heterocycles. The fraction of sp³-hybridized carbons (Fsp3) is 0.158. The first kappa shape index (κ1) is 58.7. The molecule has 6 aromatic carbocycles. The topological polar surface area (TPSA) is 75.6 Å². The van der Waals surface area contributed by atoms with Crippen molar-refractivity contribution in [2.75, 3.05) is 19.0 Å². The molecule has 14 rings (SSSR count). The summed E-state index contributed by atoms with van der Waals surface area (Å²) in [6.07, 6.45) is 28.2. The van der Waals surface area contributed by atoms with Gasteiger partial charge in [-0.15, -0.1) is 0 Å². The van der Waals surface area contributed by atoms with E-state index in [1.54, 1.807) is 30.6 Å². The Balaban J connectivity index is 0.000000221. The van der Waals surface area contributed by atoms with E-state index in [0.29, 0.717) is 5.92 Å². The molecule has 0 bridgehead atoms. The van der Waals surface area contributed by atoms with Gasteiger partial charge in [-0.25, -0.2) is 9.98 Å². The van der Waals surface area contributed by atoms with E-state index in [2.05, 4.69) is 245 Å². The maximum Gasteiger partial charge on any atom is 0.138 e. The smallest absolute Gasteiger partial charge is 0.138 e. The number of amidine groups is 1. The predicted molar refractivity (Wildman–Crippen MR) is 362 cm³/mol. The molecule has 1 fully saturated rings. The second-order valence-electron chi connectivity index (χ2n) is 20.7. The molecular weight excluding hydrogens is 1020 g/mol. The highest BCUT2D eigenvalue weighted by Crippen LogP contribution is 2.45. The SMILES string of the molecule is C=CC=C.C=CC=C.CC.CN1CN=CN=C1C1=CC2CC2C=C1.Cc1ccccc1.Cn1c2ccccc2c2cc(-c3cccc(-c4ccc5c(c4)c4ccccc4n5CC4C=CC(c5ccncc5Nc5ccccc5)=CC4)n3)ccc21. The van der Waals surface area contributed by atoms with Crippen molar-refractivity contribution in [2.45, 2.75) is 40.2 Å². The minimum absolute atomic E-state index is 0.377. The Hall–Kier alpha value is -9.92. The Morgan fingerprint density at radius 2 is 1.18 bits per heavy atom. The van der Waals surface area contributed by atoms with Crippen molar-refractivity contribution in [3.63, 3.8) is 0 Å². The maximum absolute atomic E-state index is 5.22. The molecule has 3 unspecified atom stereocenters. The normalized spacial score (nSPS) is 15.9. The molecule has 1 aliphatic heterocycles. The number of hydrogen-bond acceptors (Lipinski definition) is 6. The number of anilines is 2. The average molecular weight is 1100 g/mol. The Labute approximate surface area is 496 Å². The third kappa shape index (κ3) is 14.0. The Morgan fingerprint density at radius 1 is 0.595 bits per heavy atom. The highest BCUT2D eigenvalue weighted by molar-refractivity contribution is 6.10. The fourth-order valence-electron chi connectivity index (χ4n) is 10.7. The van der Waals surface area contributed by atoms with Gasteiger partial charge in [0.2, 0.25) is 0 Å². The number of likely N-dealkylation sites (N-methyl/N-ethyl adjacent to an activating group) is 1. The van der Waals surface area contributed by atoms with Crippen molar-refractivity contribution >= 4 is 72.7 Å². The molecule has 84 heavy (non-hydrogen) atoms. The van der Waals surface area contributed by atoms with Crippen LogP contribution in [0.15, 0.2) is 285 Å². The molecule has 3 atom stereocenters. The standard InChI is InChI=1S/C48H37N5.C11H13N3.C7H8.2C4H6.C2H6/c1-52-45-16-7-5-12-38(45)40-28-34(22-24-46(40)52)42-14-9-15-43(51-42)35-23-25-48-41(29-35)39-13-6-8-17-47(39)53(48)31-32-18-20-33(21-19-32)37-26-27-49-30-44(37)50-36-10-3-2-4-11-36;1-14-7-12-6-13-11(14)9-3-2-8-4-10(8)5-9;1-7-5-3-2-4-6-7;2*1-3-4-2;1-2/h2-18,20-30,32,50H,19,31H2,1H3;2-3,5-6,8,10H,4,7H2,1H3;2-6H,1H3;2*3-4H,1-2H2;1-2H3. The van der Waals surface area contributed by atoms with Gasteiger partial charge in [0.15, 0.2) is 0 Å². The molecule has 5 heterocycles. The molecule has 0 amide bonds. The number of rotatable bonds is 10. The molecule has 4 aliphatic rings. The predicted octanol–water partition coefficient (Wildman–Crippen LogP) is 19.2. The molecule has 0 spiro atoms. The summed E-state index contributed by atoms with van der Waals surface area (Å²) >= 11 is 0. The van der Waals surface area contributed by atoms with Gasteiger partial charge in [-0.1, -0.05) is 210 Å². The minimum atomic E-state index is 0.377. The van der Waals surface area contributed by atoms with Crippen LogP contribution < -0.4 is 5.32 Å². The van der Waals surface area contributed by atoms with Crippen LogP contribution in [0.2, 0.25) is 0 Å². The van der Waals surface area contributed by atoms with Crippen LogP contribution in [-0.2, 0) is 13.6 Å². The number of aromatic nitrogens is 4. The number of fused-ring (bicyclic) bond motifs is 7. The van der Waals surface area contributed by atoms with Gasteiger partial charge < -0.3 is 19.4 Å². The lowest BCUT2D eigenvalue weighted by Crippen LogP contribution is -2.30. The van der Waals surface area contributed by atoms with Crippen LogP contribution in [0, 0.1) is 24.7 Å². The number of hydrogen-bond donors (Lipinski definition) is 1. The monoisotopic (exact) mass is 1100 g/mol. The van der Waals surface area contributed by atoms with E-state index >= 15 is 0 Å². The Kier molecular flexibility index (Phi) is 20.0. The van der Waals surface area contributed by atoms with Crippen LogP contribution in [0.3, 0.4) is 0 Å². The van der Waals surface area contributed by atoms with Crippen molar-refractivity contribution < 1.29 is 0 Å². The Morgan fingerprint density at radius 3 is 1.80 bits per heavy atom. The fourth-order valence-corrected chi connectivity index (χ4v) is 10.7. The van der Waals surface area contributed by atoms with Gasteiger partial charge in [0, 0.05) is 98.4 Å². The van der Waals surface area contributed by atoms with Gasteiger partial charge in [-0.2, -0.15) is 0 Å². The second kappa shape index (κ2) is 28.7. The lowest BCUT2D eigenvalue weighted by atomic mass is 9.92. The molecule has 3 aliphatic carbocycles. The average Bonchev–Trinajstić information content (AvgIpc) is 2.91. The van der Waals surface area contributed by atoms with Gasteiger partial charge in [0.25, 0.3) is 0 Å². The van der Waals surface area contributed by atoms with E-state index < -0.39 is 0 Å². The van der Waals surface area contributed by atoms with E-state index in [9.17, 15) is 0 Å². The third-order valence-corrected chi connectivity index (χ3v) is 15.1. The molecule has 8 nitrogen and oxygen atoms in total. The third-order valence-electron chi connectivity index (χ3n) is 15.1. The Bertz CT molecular complexity index is 4080. The van der Waals surface area contributed by atoms with Crippen molar-refractivity contribution in [3.05, 3.63) is 286 Å². The highest BCUT2D eigenvalue weighted by Gasteiger charge is 2.36. The highest BCUT2D eigenvalue weighted by atomic mass is 15.3. The van der Waals surface area contributed by atoms with Gasteiger partial charge in [-0.3, -0.25) is 9.98 Å². The van der Waals surface area contributed by atoms with Gasteiger partial charge in [0.1, 0.15) is 18.8 Å². The van der Waals surface area contributed by atoms with Gasteiger partial charge in [0.05, 0.1) is 23.3 Å². The summed E-state index contributed by atoms with van der Waals surface area (Å²) in [5.41, 5.74) is 16.2. The number of nitrogens with one attached hydrogen (secondary N) is 1. The minimum Gasteiger partial charge on any atom is -0.354 e. The van der Waals surface area contributed by atoms with Crippen molar-refractivity contribution in [3.8, 4) is 22.5 Å². The zero-order valence-corrected chi connectivity index (χ0v) is 49.2. The van der Waals surface area contributed by atoms with Crippen LogP contribution in [0.1, 0.15) is 37.8 Å². The van der Waals surface area contributed by atoms with Crippen LogP contribution >= 0.6 is 0 Å². The first-order valence-electron chi connectivity index (χ1n) is 29.0. The molecular formula is C76H76N8. The van der Waals surface area contributed by atoms with Gasteiger partial charge in [-0.05, 0) is 110 Å². The number of benzene rings is 6. The zero-order valence-electron chi connectivity index (χ0n) is 49.2. The number of allylic oxidation sites excluding steroid dienone is 10. The van der Waals surface area contributed by atoms with Crippen LogP contribution in [0.25, 0.3) is 71.7 Å². The molecule has 0 saturated heterocycles. The second-order valence-corrected chi connectivity index (χ2v) is 20.7. The van der Waals surface area contributed by atoms with E-state index in [4.69, 9.17) is 4.98 Å². The molecule has 8 heteroatoms. The van der Waals surface area contributed by atoms with E-state index in [-0.39, 0.29) is 0 Å². The molecule has 0 radical (unpaired) electrons. The quantitative estimate of drug-likeness (QED) is 0.138. The van der Waals surface area contributed by atoms with E-state index in [1.807, 2.05) is 69.7 Å². The number of nitrogens with zero attached hydrogens (tertiary/aromatic N) is 7. The number of aryl methyl sites for hydroxylation is 2. The summed E-state index contributed by atoms with van der Waals surface area (Å²) < 4.78 is 4.77. The molecule has 10 aromatic rings. The number of aliphatic imine (C=N–C) groups is 2. The van der Waals surface area contributed by atoms with Gasteiger partial charge >= 0.3 is 0 Å². The number of pyridine rings is 2. The van der Waals surface area contributed by atoms with E-state index in [0.717, 1.165) is 76.8 Å². The largest absolute Gasteiger partial charge is 0.354 e. The van der Waals surface area contributed by atoms with E-state index in [1.165, 1.54) is 66.7 Å². The summed E-state index contributed by atoms with van der Waals surface area (Å²) in [4.78, 5) is 20.1. The van der Waals surface area contributed by atoms with Crippen LogP contribution in [0.5, 0.6) is 0 Å². The van der Waals surface area contributed by atoms with Crippen molar-refractivity contribution in [1.82, 2.24) is 24.0 Å². The first-order chi connectivity index (χ1) is 41.2. The summed E-state index contributed by atoms with van der Waals surface area (Å²) in [6.45, 7) is 21.2.